The molecular weight excluding hydrogens is 268 g/mol. The van der Waals surface area contributed by atoms with Crippen LogP contribution in [0.15, 0.2) is 41.8 Å². The molecular formula is C11H10N4O3S. The Morgan fingerprint density at radius 2 is 2.11 bits per heavy atom. The highest BCUT2D eigenvalue weighted by molar-refractivity contribution is 7.92. The first-order valence-corrected chi connectivity index (χ1v) is 6.71. The van der Waals surface area contributed by atoms with Crippen molar-refractivity contribution in [2.24, 2.45) is 0 Å². The lowest BCUT2D eigenvalue weighted by Gasteiger charge is -2.07. The molecule has 0 saturated carbocycles. The van der Waals surface area contributed by atoms with Gasteiger partial charge in [-0.15, -0.1) is 0 Å². The fourth-order valence-electron chi connectivity index (χ4n) is 1.34. The van der Waals surface area contributed by atoms with Crippen molar-refractivity contribution in [1.82, 2.24) is 9.97 Å². The van der Waals surface area contributed by atoms with Crippen molar-refractivity contribution >= 4 is 15.7 Å². The number of hydrogen-bond donors (Lipinski definition) is 2. The smallest absolute Gasteiger partial charge is 0.278 e. The van der Waals surface area contributed by atoms with E-state index in [0.29, 0.717) is 11.4 Å². The topological polar surface area (TPSA) is 108 Å². The maximum atomic E-state index is 11.9. The summed E-state index contributed by atoms with van der Waals surface area (Å²) < 4.78 is 31.2. The first-order chi connectivity index (χ1) is 9.12. The minimum atomic E-state index is -3.66. The van der Waals surface area contributed by atoms with Gasteiger partial charge in [0.25, 0.3) is 10.0 Å². The molecule has 98 valence electrons. The summed E-state index contributed by atoms with van der Waals surface area (Å²) in [4.78, 5) is 6.17. The second kappa shape index (κ2) is 5.41. The van der Waals surface area contributed by atoms with Crippen molar-refractivity contribution < 1.29 is 13.2 Å². The van der Waals surface area contributed by atoms with E-state index in [1.165, 1.54) is 12.5 Å². The predicted molar refractivity (Wildman–Crippen MR) is 66.9 cm³/mol. The molecule has 2 aromatic rings. The molecule has 0 aliphatic carbocycles. The van der Waals surface area contributed by atoms with Gasteiger partial charge in [0.05, 0.1) is 12.5 Å². The van der Waals surface area contributed by atoms with Gasteiger partial charge < -0.3 is 9.72 Å². The van der Waals surface area contributed by atoms with Gasteiger partial charge in [0, 0.05) is 5.69 Å². The quantitative estimate of drug-likeness (QED) is 0.851. The number of H-pyrrole nitrogens is 1. The van der Waals surface area contributed by atoms with Crippen LogP contribution in [-0.2, 0) is 10.0 Å². The fraction of sp³-hybridized carbons (Fsp3) is 0.0909. The minimum Gasteiger partial charge on any atom is -0.479 e. The van der Waals surface area contributed by atoms with E-state index in [0.717, 1.165) is 0 Å². The number of aromatic amines is 1. The van der Waals surface area contributed by atoms with Gasteiger partial charge in [-0.05, 0) is 24.3 Å². The van der Waals surface area contributed by atoms with Gasteiger partial charge >= 0.3 is 0 Å². The van der Waals surface area contributed by atoms with E-state index in [1.54, 1.807) is 24.3 Å². The maximum Gasteiger partial charge on any atom is 0.278 e. The molecule has 0 bridgehead atoms. The SMILES string of the molecule is N#CCOc1ccc(NS(=O)(=O)c2cnc[nH]2)cc1. The molecule has 0 amide bonds. The minimum absolute atomic E-state index is 0.0164. The third-order valence-corrected chi connectivity index (χ3v) is 3.48. The molecule has 1 aromatic heterocycles. The summed E-state index contributed by atoms with van der Waals surface area (Å²) >= 11 is 0. The van der Waals surface area contributed by atoms with E-state index >= 15 is 0 Å². The lowest BCUT2D eigenvalue weighted by atomic mass is 10.3. The number of rotatable bonds is 5. The van der Waals surface area contributed by atoms with E-state index in [1.807, 2.05) is 6.07 Å². The van der Waals surface area contributed by atoms with Crippen LogP contribution in [0.25, 0.3) is 0 Å². The number of nitriles is 1. The average Bonchev–Trinajstić information content (AvgIpc) is 2.92. The molecule has 0 radical (unpaired) electrons. The van der Waals surface area contributed by atoms with E-state index in [4.69, 9.17) is 10.00 Å². The second-order valence-corrected chi connectivity index (χ2v) is 5.14. The molecule has 0 aliphatic heterocycles. The van der Waals surface area contributed by atoms with Crippen LogP contribution in [0.4, 0.5) is 5.69 Å². The molecule has 0 atom stereocenters. The van der Waals surface area contributed by atoms with Gasteiger partial charge in [0.2, 0.25) is 0 Å². The van der Waals surface area contributed by atoms with Gasteiger partial charge in [-0.1, -0.05) is 0 Å². The largest absolute Gasteiger partial charge is 0.479 e. The van der Waals surface area contributed by atoms with Gasteiger partial charge in [0.1, 0.15) is 11.8 Å². The van der Waals surface area contributed by atoms with E-state index < -0.39 is 10.0 Å². The summed E-state index contributed by atoms with van der Waals surface area (Å²) in [7, 11) is -3.66. The summed E-state index contributed by atoms with van der Waals surface area (Å²) in [6.07, 6.45) is 2.50. The van der Waals surface area contributed by atoms with E-state index in [9.17, 15) is 8.42 Å². The molecule has 0 saturated heterocycles. The monoisotopic (exact) mass is 278 g/mol. The van der Waals surface area contributed by atoms with Gasteiger partial charge in [-0.3, -0.25) is 4.72 Å². The molecule has 8 heteroatoms. The third-order valence-electron chi connectivity index (χ3n) is 2.17. The van der Waals surface area contributed by atoms with Crippen LogP contribution < -0.4 is 9.46 Å². The normalized spacial score (nSPS) is 10.7. The highest BCUT2D eigenvalue weighted by Gasteiger charge is 2.15. The molecule has 19 heavy (non-hydrogen) atoms. The van der Waals surface area contributed by atoms with Crippen molar-refractivity contribution in [3.63, 3.8) is 0 Å². The van der Waals surface area contributed by atoms with Crippen LogP contribution in [0.1, 0.15) is 0 Å². The highest BCUT2D eigenvalue weighted by atomic mass is 32.2. The summed E-state index contributed by atoms with van der Waals surface area (Å²) in [6.45, 7) is -0.0563. The molecule has 0 fully saturated rings. The first kappa shape index (κ1) is 12.9. The Kier molecular flexibility index (Phi) is 3.68. The van der Waals surface area contributed by atoms with Crippen molar-refractivity contribution in [1.29, 1.82) is 5.26 Å². The van der Waals surface area contributed by atoms with Crippen LogP contribution in [0, 0.1) is 11.3 Å². The summed E-state index contributed by atoms with van der Waals surface area (Å²) in [5, 5.41) is 8.35. The Morgan fingerprint density at radius 1 is 1.37 bits per heavy atom. The second-order valence-electron chi connectivity index (χ2n) is 3.49. The molecule has 2 rings (SSSR count). The summed E-state index contributed by atoms with van der Waals surface area (Å²) in [5.41, 5.74) is 0.388. The standard InChI is InChI=1S/C11H10N4O3S/c12-5-6-18-10-3-1-9(2-4-10)15-19(16,17)11-7-13-8-14-11/h1-4,7-8,15H,6H2,(H,13,14). The molecule has 0 unspecified atom stereocenters. The molecule has 0 aliphatic rings. The zero-order valence-electron chi connectivity index (χ0n) is 9.70. The van der Waals surface area contributed by atoms with Crippen LogP contribution in [0.5, 0.6) is 5.75 Å². The lowest BCUT2D eigenvalue weighted by molar-refractivity contribution is 0.368. The lowest BCUT2D eigenvalue weighted by Crippen LogP contribution is -2.13. The molecule has 1 aromatic carbocycles. The van der Waals surface area contributed by atoms with Gasteiger partial charge in [0.15, 0.2) is 11.6 Å². The Hall–Kier alpha value is -2.53. The number of nitrogens with one attached hydrogen (secondary N) is 2. The molecule has 1 heterocycles. The molecule has 7 nitrogen and oxygen atoms in total. The van der Waals surface area contributed by atoms with Crippen molar-refractivity contribution in [2.75, 3.05) is 11.3 Å². The van der Waals surface area contributed by atoms with Crippen LogP contribution in [-0.4, -0.2) is 25.0 Å². The predicted octanol–water partition coefficient (Wildman–Crippen LogP) is 1.11. The van der Waals surface area contributed by atoms with E-state index in [-0.39, 0.29) is 11.6 Å². The number of aromatic nitrogens is 2. The molecule has 2 N–H and O–H groups in total. The maximum absolute atomic E-state index is 11.9. The summed E-state index contributed by atoms with van der Waals surface area (Å²) in [5.74, 6) is 0.492. The van der Waals surface area contributed by atoms with Crippen molar-refractivity contribution in [2.45, 2.75) is 5.03 Å². The number of nitrogens with zero attached hydrogens (tertiary/aromatic N) is 2. The Bertz CT molecular complexity index is 672. The summed E-state index contributed by atoms with van der Waals surface area (Å²) in [6, 6.07) is 8.07. The number of hydrogen-bond acceptors (Lipinski definition) is 5. The Labute approximate surface area is 109 Å². The zero-order valence-corrected chi connectivity index (χ0v) is 10.5. The van der Waals surface area contributed by atoms with Gasteiger partial charge in [-0.25, -0.2) is 4.98 Å². The van der Waals surface area contributed by atoms with Crippen LogP contribution >= 0.6 is 0 Å². The van der Waals surface area contributed by atoms with E-state index in [2.05, 4.69) is 14.7 Å². The number of imidazole rings is 1. The Balaban J connectivity index is 2.10. The fourth-order valence-corrected chi connectivity index (χ4v) is 2.30. The van der Waals surface area contributed by atoms with Crippen LogP contribution in [0.3, 0.4) is 0 Å². The Morgan fingerprint density at radius 3 is 2.68 bits per heavy atom. The molecule has 0 spiro atoms. The highest BCUT2D eigenvalue weighted by Crippen LogP contribution is 2.18. The first-order valence-electron chi connectivity index (χ1n) is 5.23. The van der Waals surface area contributed by atoms with Crippen molar-refractivity contribution in [3.05, 3.63) is 36.8 Å². The average molecular weight is 278 g/mol. The number of benzene rings is 1. The third kappa shape index (κ3) is 3.23. The van der Waals surface area contributed by atoms with Crippen LogP contribution in [0.2, 0.25) is 0 Å². The number of sulfonamides is 1. The van der Waals surface area contributed by atoms with Crippen molar-refractivity contribution in [3.8, 4) is 11.8 Å². The number of ether oxygens (including phenoxy) is 1. The number of anilines is 1. The van der Waals surface area contributed by atoms with Gasteiger partial charge in [-0.2, -0.15) is 13.7 Å². The zero-order chi connectivity index (χ0) is 13.7.